The summed E-state index contributed by atoms with van der Waals surface area (Å²) in [5.74, 6) is 0.650. The number of carbonyl (C=O) groups is 1. The lowest BCUT2D eigenvalue weighted by Crippen LogP contribution is -2.50. The largest absolute Gasteiger partial charge is 0.490 e. The zero-order valence-corrected chi connectivity index (χ0v) is 17.5. The van der Waals surface area contributed by atoms with Gasteiger partial charge in [0.1, 0.15) is 12.4 Å². The third-order valence-corrected chi connectivity index (χ3v) is 5.06. The minimum absolute atomic E-state index is 0.0527. The number of aromatic nitrogens is 3. The number of alkyl halides is 1. The molecule has 0 bridgehead atoms. The van der Waals surface area contributed by atoms with Crippen LogP contribution in [0.25, 0.3) is 0 Å². The molecule has 1 fully saturated rings. The number of rotatable bonds is 8. The van der Waals surface area contributed by atoms with Crippen LogP contribution in [0.1, 0.15) is 22.3 Å². The molecule has 2 heterocycles. The van der Waals surface area contributed by atoms with Crippen molar-refractivity contribution in [1.29, 1.82) is 5.26 Å². The first kappa shape index (κ1) is 21.5. The summed E-state index contributed by atoms with van der Waals surface area (Å²) in [5, 5.41) is 20.3. The number of aryl methyl sites for hydroxylation is 1. The molecular formula is C23H22FN5O3. The van der Waals surface area contributed by atoms with Crippen LogP contribution in [0, 0.1) is 18.3 Å². The van der Waals surface area contributed by atoms with E-state index in [9.17, 15) is 9.18 Å². The molecule has 32 heavy (non-hydrogen) atoms. The van der Waals surface area contributed by atoms with Gasteiger partial charge in [-0.25, -0.2) is 4.39 Å². The van der Waals surface area contributed by atoms with Crippen LogP contribution in [-0.2, 0) is 22.5 Å². The van der Waals surface area contributed by atoms with Gasteiger partial charge in [-0.1, -0.05) is 24.3 Å². The Morgan fingerprint density at radius 3 is 2.72 bits per heavy atom. The van der Waals surface area contributed by atoms with Crippen molar-refractivity contribution in [2.75, 3.05) is 25.1 Å². The summed E-state index contributed by atoms with van der Waals surface area (Å²) in [6.45, 7) is 2.33. The van der Waals surface area contributed by atoms with Crippen LogP contribution in [0.3, 0.4) is 0 Å². The van der Waals surface area contributed by atoms with Crippen LogP contribution < -0.4 is 10.1 Å². The first-order chi connectivity index (χ1) is 15.4. The minimum Gasteiger partial charge on any atom is -0.490 e. The number of benzene rings is 2. The van der Waals surface area contributed by atoms with Gasteiger partial charge in [0.05, 0.1) is 44.0 Å². The molecule has 1 amide bonds. The van der Waals surface area contributed by atoms with Gasteiger partial charge >= 0.3 is 0 Å². The second kappa shape index (κ2) is 9.16. The Labute approximate surface area is 184 Å². The van der Waals surface area contributed by atoms with E-state index in [0.29, 0.717) is 23.7 Å². The standard InChI is InChI=1S/C23H22FN5O3/c1-16-2-3-18(8-19(16)10-25)12-29-26-11-21(28-29)27-22(30)9-17-4-6-20(7-5-17)32-15-23(24)13-31-14-23/h2-8,11H,9,12-15H2,1H3,(H,27,28,30). The molecule has 1 aliphatic rings. The number of anilines is 1. The van der Waals surface area contributed by atoms with Crippen LogP contribution in [0.5, 0.6) is 5.75 Å². The molecule has 0 atom stereocenters. The van der Waals surface area contributed by atoms with Crippen molar-refractivity contribution in [3.8, 4) is 11.8 Å². The lowest BCUT2D eigenvalue weighted by molar-refractivity contribution is -0.146. The highest BCUT2D eigenvalue weighted by molar-refractivity contribution is 5.91. The van der Waals surface area contributed by atoms with E-state index in [1.54, 1.807) is 30.3 Å². The minimum atomic E-state index is -1.41. The second-order valence-electron chi connectivity index (χ2n) is 7.82. The van der Waals surface area contributed by atoms with Gasteiger partial charge in [-0.15, -0.1) is 5.10 Å². The summed E-state index contributed by atoms with van der Waals surface area (Å²) in [5.41, 5.74) is 1.80. The summed E-state index contributed by atoms with van der Waals surface area (Å²) < 4.78 is 24.2. The summed E-state index contributed by atoms with van der Waals surface area (Å²) in [6, 6.07) is 14.7. The van der Waals surface area contributed by atoms with Crippen molar-refractivity contribution < 1.29 is 18.7 Å². The molecule has 8 nitrogen and oxygen atoms in total. The van der Waals surface area contributed by atoms with Crippen molar-refractivity contribution in [1.82, 2.24) is 15.0 Å². The first-order valence-corrected chi connectivity index (χ1v) is 10.1. The predicted octanol–water partition coefficient (Wildman–Crippen LogP) is 2.81. The number of halogens is 1. The number of hydrogen-bond acceptors (Lipinski definition) is 6. The Morgan fingerprint density at radius 2 is 2.03 bits per heavy atom. The molecule has 0 saturated carbocycles. The van der Waals surface area contributed by atoms with E-state index in [1.807, 2.05) is 19.1 Å². The van der Waals surface area contributed by atoms with Gasteiger partial charge in [-0.3, -0.25) is 4.79 Å². The summed E-state index contributed by atoms with van der Waals surface area (Å²) in [7, 11) is 0. The molecule has 0 spiro atoms. The maximum absolute atomic E-state index is 13.9. The number of amides is 1. The average Bonchev–Trinajstić information content (AvgIpc) is 3.19. The third kappa shape index (κ3) is 5.28. The number of nitriles is 1. The average molecular weight is 435 g/mol. The van der Waals surface area contributed by atoms with Crippen molar-refractivity contribution in [2.24, 2.45) is 0 Å². The Kier molecular flexibility index (Phi) is 6.14. The molecule has 1 N–H and O–H groups in total. The summed E-state index contributed by atoms with van der Waals surface area (Å²) >= 11 is 0. The molecule has 164 valence electrons. The quantitative estimate of drug-likeness (QED) is 0.584. The van der Waals surface area contributed by atoms with Crippen LogP contribution >= 0.6 is 0 Å². The molecule has 0 unspecified atom stereocenters. The lowest BCUT2D eigenvalue weighted by atomic mass is 10.1. The molecule has 0 aliphatic carbocycles. The molecule has 3 aromatic rings. The molecular weight excluding hydrogens is 413 g/mol. The fraction of sp³-hybridized carbons (Fsp3) is 0.304. The fourth-order valence-electron chi connectivity index (χ4n) is 3.18. The van der Waals surface area contributed by atoms with E-state index < -0.39 is 5.67 Å². The first-order valence-electron chi connectivity index (χ1n) is 10.1. The summed E-state index contributed by atoms with van der Waals surface area (Å²) in [6.07, 6.45) is 1.63. The van der Waals surface area contributed by atoms with E-state index in [-0.39, 0.29) is 32.1 Å². The second-order valence-corrected chi connectivity index (χ2v) is 7.82. The van der Waals surface area contributed by atoms with Crippen LogP contribution in [0.2, 0.25) is 0 Å². The van der Waals surface area contributed by atoms with Gasteiger partial charge in [-0.05, 0) is 41.8 Å². The number of nitrogens with one attached hydrogen (secondary N) is 1. The maximum atomic E-state index is 13.9. The van der Waals surface area contributed by atoms with E-state index in [0.717, 1.165) is 16.7 Å². The van der Waals surface area contributed by atoms with Crippen LogP contribution in [0.15, 0.2) is 48.7 Å². The van der Waals surface area contributed by atoms with Gasteiger partial charge in [0.25, 0.3) is 0 Å². The molecule has 2 aromatic carbocycles. The molecule has 1 aromatic heterocycles. The van der Waals surface area contributed by atoms with Crippen molar-refractivity contribution in [2.45, 2.75) is 25.6 Å². The highest BCUT2D eigenvalue weighted by atomic mass is 19.1. The molecule has 9 heteroatoms. The topological polar surface area (TPSA) is 102 Å². The molecule has 4 rings (SSSR count). The molecule has 1 aliphatic heterocycles. The fourth-order valence-corrected chi connectivity index (χ4v) is 3.18. The highest BCUT2D eigenvalue weighted by Gasteiger charge is 2.39. The highest BCUT2D eigenvalue weighted by Crippen LogP contribution is 2.23. The molecule has 0 radical (unpaired) electrons. The van der Waals surface area contributed by atoms with Crippen LogP contribution in [0.4, 0.5) is 10.2 Å². The zero-order chi connectivity index (χ0) is 22.6. The predicted molar refractivity (Wildman–Crippen MR) is 114 cm³/mol. The van der Waals surface area contributed by atoms with Crippen molar-refractivity contribution in [3.05, 3.63) is 70.9 Å². The Bertz CT molecular complexity index is 1150. The van der Waals surface area contributed by atoms with E-state index in [2.05, 4.69) is 21.6 Å². The van der Waals surface area contributed by atoms with Gasteiger partial charge in [0.2, 0.25) is 5.91 Å². The Hall–Kier alpha value is -3.77. The monoisotopic (exact) mass is 435 g/mol. The normalized spacial score (nSPS) is 14.3. The lowest BCUT2D eigenvalue weighted by Gasteiger charge is -2.33. The zero-order valence-electron chi connectivity index (χ0n) is 17.5. The van der Waals surface area contributed by atoms with Gasteiger partial charge in [0, 0.05) is 0 Å². The van der Waals surface area contributed by atoms with E-state index in [4.69, 9.17) is 14.7 Å². The SMILES string of the molecule is Cc1ccc(Cn2ncc(NC(=O)Cc3ccc(OCC4(F)COC4)cc3)n2)cc1C#N. The number of carbonyl (C=O) groups excluding carboxylic acids is 1. The van der Waals surface area contributed by atoms with Crippen LogP contribution in [-0.4, -0.2) is 46.4 Å². The van der Waals surface area contributed by atoms with Gasteiger partial charge in [0.15, 0.2) is 11.5 Å². The van der Waals surface area contributed by atoms with Gasteiger partial charge in [-0.2, -0.15) is 15.2 Å². The van der Waals surface area contributed by atoms with Crippen molar-refractivity contribution in [3.63, 3.8) is 0 Å². The van der Waals surface area contributed by atoms with Gasteiger partial charge < -0.3 is 14.8 Å². The van der Waals surface area contributed by atoms with E-state index in [1.165, 1.54) is 11.0 Å². The number of hydrogen-bond donors (Lipinski definition) is 1. The maximum Gasteiger partial charge on any atom is 0.230 e. The smallest absolute Gasteiger partial charge is 0.230 e. The number of nitrogens with zero attached hydrogens (tertiary/aromatic N) is 4. The molecule has 1 saturated heterocycles. The third-order valence-electron chi connectivity index (χ3n) is 5.06. The summed E-state index contributed by atoms with van der Waals surface area (Å²) in [4.78, 5) is 13.8. The van der Waals surface area contributed by atoms with Crippen molar-refractivity contribution >= 4 is 11.7 Å². The Morgan fingerprint density at radius 1 is 1.28 bits per heavy atom. The Balaban J connectivity index is 1.28. The number of ether oxygens (including phenoxy) is 2. The van der Waals surface area contributed by atoms with E-state index >= 15 is 0 Å².